The monoisotopic (exact) mass is 279 g/mol. The molecule has 1 aromatic heterocycles. The highest BCUT2D eigenvalue weighted by Gasteiger charge is 2.03. The van der Waals surface area contributed by atoms with Gasteiger partial charge in [0.15, 0.2) is 0 Å². The van der Waals surface area contributed by atoms with Crippen LogP contribution in [0.4, 0.5) is 5.69 Å². The fraction of sp³-hybridized carbons (Fsp3) is 0.118. The second-order valence-corrected chi connectivity index (χ2v) is 4.88. The highest BCUT2D eigenvalue weighted by Crippen LogP contribution is 2.18. The molecule has 0 amide bonds. The maximum Gasteiger partial charge on any atom is 0.115 e. The minimum atomic E-state index is 0.290. The van der Waals surface area contributed by atoms with E-state index in [1.165, 1.54) is 5.56 Å². The molecule has 21 heavy (non-hydrogen) atoms. The van der Waals surface area contributed by atoms with E-state index in [-0.39, 0.29) is 5.75 Å². The summed E-state index contributed by atoms with van der Waals surface area (Å²) in [7, 11) is 0. The second-order valence-electron chi connectivity index (χ2n) is 4.88. The van der Waals surface area contributed by atoms with Gasteiger partial charge in [-0.2, -0.15) is 5.10 Å². The van der Waals surface area contributed by atoms with E-state index in [9.17, 15) is 5.11 Å². The van der Waals surface area contributed by atoms with E-state index in [0.717, 1.165) is 24.3 Å². The maximum absolute atomic E-state index is 9.30. The summed E-state index contributed by atoms with van der Waals surface area (Å²) < 4.78 is 1.90. The van der Waals surface area contributed by atoms with Gasteiger partial charge in [-0.15, -0.1) is 0 Å². The van der Waals surface area contributed by atoms with E-state index in [1.54, 1.807) is 18.3 Å². The lowest BCUT2D eigenvalue weighted by molar-refractivity contribution is 0.475. The van der Waals surface area contributed by atoms with Gasteiger partial charge in [-0.25, -0.2) is 0 Å². The Morgan fingerprint density at radius 3 is 2.57 bits per heavy atom. The molecule has 0 saturated carbocycles. The van der Waals surface area contributed by atoms with Crippen molar-refractivity contribution in [3.8, 4) is 5.75 Å². The van der Waals surface area contributed by atoms with Crippen LogP contribution in [0.3, 0.4) is 0 Å². The van der Waals surface area contributed by atoms with Crippen molar-refractivity contribution in [2.45, 2.75) is 13.1 Å². The van der Waals surface area contributed by atoms with Crippen LogP contribution in [0, 0.1) is 0 Å². The van der Waals surface area contributed by atoms with Crippen LogP contribution in [-0.4, -0.2) is 14.9 Å². The van der Waals surface area contributed by atoms with Crippen molar-refractivity contribution in [1.82, 2.24) is 9.78 Å². The first-order valence-corrected chi connectivity index (χ1v) is 6.88. The van der Waals surface area contributed by atoms with Crippen LogP contribution in [0.1, 0.15) is 11.1 Å². The van der Waals surface area contributed by atoms with Gasteiger partial charge >= 0.3 is 0 Å². The molecule has 1 heterocycles. The van der Waals surface area contributed by atoms with Crippen molar-refractivity contribution in [3.05, 3.63) is 78.1 Å². The Kier molecular flexibility index (Phi) is 3.87. The van der Waals surface area contributed by atoms with Gasteiger partial charge in [-0.05, 0) is 35.4 Å². The van der Waals surface area contributed by atoms with Gasteiger partial charge in [0.25, 0.3) is 0 Å². The lowest BCUT2D eigenvalue weighted by Gasteiger charge is -2.12. The number of hydrogen-bond donors (Lipinski definition) is 2. The summed E-state index contributed by atoms with van der Waals surface area (Å²) in [4.78, 5) is 0. The van der Waals surface area contributed by atoms with Gasteiger partial charge in [-0.1, -0.05) is 30.3 Å². The minimum absolute atomic E-state index is 0.290. The van der Waals surface area contributed by atoms with E-state index in [0.29, 0.717) is 0 Å². The third-order valence-corrected chi connectivity index (χ3v) is 3.33. The highest BCUT2D eigenvalue weighted by atomic mass is 16.3. The molecule has 3 aromatic rings. The maximum atomic E-state index is 9.30. The van der Waals surface area contributed by atoms with Crippen LogP contribution < -0.4 is 5.32 Å². The Morgan fingerprint density at radius 1 is 1.00 bits per heavy atom. The molecular formula is C17H17N3O. The number of para-hydroxylation sites is 1. The van der Waals surface area contributed by atoms with E-state index < -0.39 is 0 Å². The first-order chi connectivity index (χ1) is 10.3. The lowest BCUT2D eigenvalue weighted by atomic mass is 10.1. The average Bonchev–Trinajstić information content (AvgIpc) is 3.01. The number of aromatic hydroxyl groups is 1. The largest absolute Gasteiger partial charge is 0.508 e. The SMILES string of the molecule is Oc1ccc(CNc2ccccc2Cn2cccn2)cc1. The average molecular weight is 279 g/mol. The van der Waals surface area contributed by atoms with Crippen LogP contribution in [0.5, 0.6) is 5.75 Å². The van der Waals surface area contributed by atoms with Gasteiger partial charge < -0.3 is 10.4 Å². The number of anilines is 1. The molecular weight excluding hydrogens is 262 g/mol. The first kappa shape index (κ1) is 13.2. The lowest BCUT2D eigenvalue weighted by Crippen LogP contribution is -2.06. The molecule has 0 radical (unpaired) electrons. The molecule has 0 fully saturated rings. The quantitative estimate of drug-likeness (QED) is 0.753. The summed E-state index contributed by atoms with van der Waals surface area (Å²) in [6.07, 6.45) is 3.74. The summed E-state index contributed by atoms with van der Waals surface area (Å²) in [5, 5.41) is 17.0. The molecule has 2 N–H and O–H groups in total. The molecule has 106 valence electrons. The Balaban J connectivity index is 1.71. The number of benzene rings is 2. The number of nitrogens with zero attached hydrogens (tertiary/aromatic N) is 2. The number of phenolic OH excluding ortho intramolecular Hbond substituents is 1. The Morgan fingerprint density at radius 2 is 1.81 bits per heavy atom. The summed E-state index contributed by atoms with van der Waals surface area (Å²) >= 11 is 0. The zero-order chi connectivity index (χ0) is 14.5. The molecule has 2 aromatic carbocycles. The van der Waals surface area contributed by atoms with Gasteiger partial charge in [0, 0.05) is 24.6 Å². The number of phenols is 1. The molecule has 0 saturated heterocycles. The zero-order valence-corrected chi connectivity index (χ0v) is 11.6. The van der Waals surface area contributed by atoms with Crippen LogP contribution in [0.15, 0.2) is 67.0 Å². The number of aromatic nitrogens is 2. The molecule has 0 spiro atoms. The van der Waals surface area contributed by atoms with E-state index in [4.69, 9.17) is 0 Å². The summed E-state index contributed by atoms with van der Waals surface area (Å²) in [5.74, 6) is 0.290. The summed E-state index contributed by atoms with van der Waals surface area (Å²) in [6.45, 7) is 1.46. The molecule has 0 atom stereocenters. The molecule has 4 heteroatoms. The zero-order valence-electron chi connectivity index (χ0n) is 11.6. The van der Waals surface area contributed by atoms with Crippen LogP contribution in [0.25, 0.3) is 0 Å². The fourth-order valence-corrected chi connectivity index (χ4v) is 2.21. The third kappa shape index (κ3) is 3.42. The van der Waals surface area contributed by atoms with Gasteiger partial charge in [0.2, 0.25) is 0 Å². The number of rotatable bonds is 5. The normalized spacial score (nSPS) is 10.5. The topological polar surface area (TPSA) is 50.1 Å². The van der Waals surface area contributed by atoms with Crippen molar-refractivity contribution in [2.75, 3.05) is 5.32 Å². The molecule has 0 aliphatic carbocycles. The first-order valence-electron chi connectivity index (χ1n) is 6.88. The van der Waals surface area contributed by atoms with Crippen molar-refractivity contribution in [3.63, 3.8) is 0 Å². The Bertz CT molecular complexity index is 690. The van der Waals surface area contributed by atoms with E-state index >= 15 is 0 Å². The standard InChI is InChI=1S/C17H17N3O/c21-16-8-6-14(7-9-16)12-18-17-5-2-1-4-15(17)13-20-11-3-10-19-20/h1-11,18,21H,12-13H2. The fourth-order valence-electron chi connectivity index (χ4n) is 2.21. The molecule has 3 rings (SSSR count). The van der Waals surface area contributed by atoms with Crippen molar-refractivity contribution < 1.29 is 5.11 Å². The Labute approximate surface area is 123 Å². The summed E-state index contributed by atoms with van der Waals surface area (Å²) in [6, 6.07) is 17.4. The number of nitrogens with one attached hydrogen (secondary N) is 1. The van der Waals surface area contributed by atoms with Crippen molar-refractivity contribution in [2.24, 2.45) is 0 Å². The van der Waals surface area contributed by atoms with Crippen molar-refractivity contribution >= 4 is 5.69 Å². The molecule has 0 unspecified atom stereocenters. The van der Waals surface area contributed by atoms with Crippen LogP contribution in [0.2, 0.25) is 0 Å². The molecule has 0 bridgehead atoms. The van der Waals surface area contributed by atoms with Gasteiger partial charge in [-0.3, -0.25) is 4.68 Å². The van der Waals surface area contributed by atoms with E-state index in [1.807, 2.05) is 41.2 Å². The van der Waals surface area contributed by atoms with Gasteiger partial charge in [0.05, 0.1) is 6.54 Å². The van der Waals surface area contributed by atoms with E-state index in [2.05, 4.69) is 22.5 Å². The second kappa shape index (κ2) is 6.13. The summed E-state index contributed by atoms with van der Waals surface area (Å²) in [5.41, 5.74) is 3.42. The number of hydrogen-bond acceptors (Lipinski definition) is 3. The Hall–Kier alpha value is -2.75. The predicted octanol–water partition coefficient (Wildman–Crippen LogP) is 3.25. The minimum Gasteiger partial charge on any atom is -0.508 e. The van der Waals surface area contributed by atoms with Crippen molar-refractivity contribution in [1.29, 1.82) is 0 Å². The molecule has 4 nitrogen and oxygen atoms in total. The predicted molar refractivity (Wildman–Crippen MR) is 83.2 cm³/mol. The smallest absolute Gasteiger partial charge is 0.115 e. The third-order valence-electron chi connectivity index (χ3n) is 3.33. The highest BCUT2D eigenvalue weighted by molar-refractivity contribution is 5.51. The molecule has 0 aliphatic rings. The van der Waals surface area contributed by atoms with Crippen LogP contribution in [-0.2, 0) is 13.1 Å². The van der Waals surface area contributed by atoms with Crippen LogP contribution >= 0.6 is 0 Å². The van der Waals surface area contributed by atoms with Gasteiger partial charge in [0.1, 0.15) is 5.75 Å². The molecule has 0 aliphatic heterocycles.